The maximum atomic E-state index is 12.1. The first-order chi connectivity index (χ1) is 9.63. The molecule has 0 saturated heterocycles. The number of alkyl halides is 1. The van der Waals surface area contributed by atoms with E-state index in [1.54, 1.807) is 25.3 Å². The Bertz CT molecular complexity index is 612. The molecule has 5 heteroatoms. The maximum Gasteiger partial charge on any atom is 0.255 e. The Hall–Kier alpha value is -1.33. The van der Waals surface area contributed by atoms with Crippen molar-refractivity contribution in [3.05, 3.63) is 58.1 Å². The first kappa shape index (κ1) is 15.1. The summed E-state index contributed by atoms with van der Waals surface area (Å²) >= 11 is 6.76. The summed E-state index contributed by atoms with van der Waals surface area (Å²) in [5.41, 5.74) is 2.50. The van der Waals surface area contributed by atoms with Crippen molar-refractivity contribution >= 4 is 43.5 Å². The highest BCUT2D eigenvalue weighted by molar-refractivity contribution is 9.10. The van der Waals surface area contributed by atoms with Gasteiger partial charge in [0, 0.05) is 16.6 Å². The number of halogens is 2. The fourth-order valence-electron chi connectivity index (χ4n) is 1.69. The minimum atomic E-state index is -0.153. The largest absolute Gasteiger partial charge is 0.496 e. The van der Waals surface area contributed by atoms with Gasteiger partial charge < -0.3 is 10.1 Å². The van der Waals surface area contributed by atoms with Crippen LogP contribution in [0.3, 0.4) is 0 Å². The molecule has 1 N–H and O–H groups in total. The molecule has 0 saturated carbocycles. The third kappa shape index (κ3) is 3.61. The molecule has 0 unspecified atom stereocenters. The SMILES string of the molecule is COc1ccc(C(=O)Nc2ccc(CBr)cc2)cc1Br. The molecule has 20 heavy (non-hydrogen) atoms. The number of methoxy groups -OCH3 is 1. The number of anilines is 1. The molecule has 0 heterocycles. The molecule has 0 spiro atoms. The van der Waals surface area contributed by atoms with Crippen molar-refractivity contribution in [3.63, 3.8) is 0 Å². The van der Waals surface area contributed by atoms with Gasteiger partial charge >= 0.3 is 0 Å². The van der Waals surface area contributed by atoms with E-state index in [9.17, 15) is 4.79 Å². The van der Waals surface area contributed by atoms with Gasteiger partial charge in [-0.1, -0.05) is 28.1 Å². The van der Waals surface area contributed by atoms with Crippen LogP contribution in [0, 0.1) is 0 Å². The zero-order valence-corrected chi connectivity index (χ0v) is 14.0. The molecule has 104 valence electrons. The van der Waals surface area contributed by atoms with Crippen molar-refractivity contribution in [1.29, 1.82) is 0 Å². The number of amides is 1. The lowest BCUT2D eigenvalue weighted by Crippen LogP contribution is -2.11. The first-order valence-electron chi connectivity index (χ1n) is 5.94. The van der Waals surface area contributed by atoms with Crippen LogP contribution in [0.25, 0.3) is 0 Å². The highest BCUT2D eigenvalue weighted by atomic mass is 79.9. The Labute approximate surface area is 134 Å². The summed E-state index contributed by atoms with van der Waals surface area (Å²) < 4.78 is 5.89. The van der Waals surface area contributed by atoms with E-state index in [-0.39, 0.29) is 5.91 Å². The third-order valence-corrected chi connectivity index (χ3v) is 4.05. The molecular weight excluding hydrogens is 386 g/mol. The monoisotopic (exact) mass is 397 g/mol. The third-order valence-electron chi connectivity index (χ3n) is 2.78. The van der Waals surface area contributed by atoms with Gasteiger partial charge in [0.15, 0.2) is 0 Å². The van der Waals surface area contributed by atoms with Crippen LogP contribution in [0.1, 0.15) is 15.9 Å². The molecule has 0 radical (unpaired) electrons. The lowest BCUT2D eigenvalue weighted by atomic mass is 10.2. The standard InChI is InChI=1S/C15H13Br2NO2/c1-20-14-7-4-11(8-13(14)17)15(19)18-12-5-2-10(9-16)3-6-12/h2-8H,9H2,1H3,(H,18,19). The number of nitrogens with one attached hydrogen (secondary N) is 1. The average molecular weight is 399 g/mol. The molecule has 0 atom stereocenters. The Morgan fingerprint density at radius 3 is 2.45 bits per heavy atom. The van der Waals surface area contributed by atoms with E-state index in [2.05, 4.69) is 37.2 Å². The Morgan fingerprint density at radius 1 is 1.20 bits per heavy atom. The predicted octanol–water partition coefficient (Wildman–Crippen LogP) is 4.60. The van der Waals surface area contributed by atoms with E-state index >= 15 is 0 Å². The molecule has 0 aliphatic heterocycles. The molecule has 0 aromatic heterocycles. The van der Waals surface area contributed by atoms with Gasteiger partial charge in [0.1, 0.15) is 5.75 Å². The summed E-state index contributed by atoms with van der Waals surface area (Å²) in [5.74, 6) is 0.545. The van der Waals surface area contributed by atoms with Crippen molar-refractivity contribution in [2.24, 2.45) is 0 Å². The highest BCUT2D eigenvalue weighted by Gasteiger charge is 2.09. The fourth-order valence-corrected chi connectivity index (χ4v) is 2.60. The molecule has 0 fully saturated rings. The summed E-state index contributed by atoms with van der Waals surface area (Å²) in [6.45, 7) is 0. The highest BCUT2D eigenvalue weighted by Crippen LogP contribution is 2.26. The van der Waals surface area contributed by atoms with E-state index in [4.69, 9.17) is 4.74 Å². The average Bonchev–Trinajstić information content (AvgIpc) is 2.48. The maximum absolute atomic E-state index is 12.1. The smallest absolute Gasteiger partial charge is 0.255 e. The van der Waals surface area contributed by atoms with E-state index in [1.165, 1.54) is 0 Å². The summed E-state index contributed by atoms with van der Waals surface area (Å²) in [6.07, 6.45) is 0. The van der Waals surface area contributed by atoms with E-state index < -0.39 is 0 Å². The molecule has 3 nitrogen and oxygen atoms in total. The second-order valence-corrected chi connectivity index (χ2v) is 5.55. The quantitative estimate of drug-likeness (QED) is 0.764. The van der Waals surface area contributed by atoms with Gasteiger partial charge in [0.25, 0.3) is 5.91 Å². The topological polar surface area (TPSA) is 38.3 Å². The van der Waals surface area contributed by atoms with Crippen molar-refractivity contribution in [2.75, 3.05) is 12.4 Å². The van der Waals surface area contributed by atoms with Crippen LogP contribution in [-0.2, 0) is 5.33 Å². The number of rotatable bonds is 4. The van der Waals surface area contributed by atoms with Gasteiger partial charge in [-0.2, -0.15) is 0 Å². The van der Waals surface area contributed by atoms with Gasteiger partial charge in [0.2, 0.25) is 0 Å². The number of benzene rings is 2. The van der Waals surface area contributed by atoms with Gasteiger partial charge in [-0.3, -0.25) is 4.79 Å². The lowest BCUT2D eigenvalue weighted by Gasteiger charge is -2.08. The zero-order chi connectivity index (χ0) is 14.5. The van der Waals surface area contributed by atoms with Crippen LogP contribution in [0.2, 0.25) is 0 Å². The van der Waals surface area contributed by atoms with E-state index in [1.807, 2.05) is 24.3 Å². The van der Waals surface area contributed by atoms with Gasteiger partial charge in [0.05, 0.1) is 11.6 Å². The molecule has 0 aliphatic rings. The predicted molar refractivity (Wildman–Crippen MR) is 87.7 cm³/mol. The summed E-state index contributed by atoms with van der Waals surface area (Å²) in [4.78, 5) is 12.1. The molecule has 0 bridgehead atoms. The number of ether oxygens (including phenoxy) is 1. The van der Waals surface area contributed by atoms with Gasteiger partial charge in [-0.25, -0.2) is 0 Å². The number of carbonyl (C=O) groups excluding carboxylic acids is 1. The van der Waals surface area contributed by atoms with Gasteiger partial charge in [-0.05, 0) is 51.8 Å². The molecule has 0 aliphatic carbocycles. The van der Waals surface area contributed by atoms with Crippen LogP contribution in [0.4, 0.5) is 5.69 Å². The number of hydrogen-bond acceptors (Lipinski definition) is 2. The van der Waals surface area contributed by atoms with Crippen LogP contribution in [-0.4, -0.2) is 13.0 Å². The van der Waals surface area contributed by atoms with Gasteiger partial charge in [-0.15, -0.1) is 0 Å². The second-order valence-electron chi connectivity index (χ2n) is 4.13. The van der Waals surface area contributed by atoms with Crippen molar-refractivity contribution in [2.45, 2.75) is 5.33 Å². The summed E-state index contributed by atoms with van der Waals surface area (Å²) in [7, 11) is 1.59. The van der Waals surface area contributed by atoms with Crippen LogP contribution in [0.15, 0.2) is 46.9 Å². The molecule has 1 amide bonds. The second kappa shape index (κ2) is 6.90. The van der Waals surface area contributed by atoms with E-state index in [0.29, 0.717) is 11.3 Å². The van der Waals surface area contributed by atoms with Crippen LogP contribution >= 0.6 is 31.9 Å². The normalized spacial score (nSPS) is 10.2. The number of carbonyl (C=O) groups is 1. The summed E-state index contributed by atoms with van der Waals surface area (Å²) in [5, 5.41) is 3.66. The molecule has 2 rings (SSSR count). The first-order valence-corrected chi connectivity index (χ1v) is 7.85. The molecule has 2 aromatic rings. The molecular formula is C15H13Br2NO2. The molecule has 2 aromatic carbocycles. The minimum Gasteiger partial charge on any atom is -0.496 e. The van der Waals surface area contributed by atoms with Crippen molar-refractivity contribution in [1.82, 2.24) is 0 Å². The zero-order valence-electron chi connectivity index (χ0n) is 10.8. The van der Waals surface area contributed by atoms with Crippen molar-refractivity contribution < 1.29 is 9.53 Å². The lowest BCUT2D eigenvalue weighted by molar-refractivity contribution is 0.102. The fraction of sp³-hybridized carbons (Fsp3) is 0.133. The summed E-state index contributed by atoms with van der Waals surface area (Å²) in [6, 6.07) is 12.9. The van der Waals surface area contributed by atoms with Crippen LogP contribution < -0.4 is 10.1 Å². The number of hydrogen-bond donors (Lipinski definition) is 1. The Morgan fingerprint density at radius 2 is 1.90 bits per heavy atom. The van der Waals surface area contributed by atoms with Crippen molar-refractivity contribution in [3.8, 4) is 5.75 Å². The van der Waals surface area contributed by atoms with E-state index in [0.717, 1.165) is 21.1 Å². The Kier molecular flexibility index (Phi) is 5.20. The minimum absolute atomic E-state index is 0.153. The van der Waals surface area contributed by atoms with Crippen LogP contribution in [0.5, 0.6) is 5.75 Å². The Balaban J connectivity index is 2.12.